The fourth-order valence-corrected chi connectivity index (χ4v) is 0.951. The number of carbonyl (C=O) groups excluding carboxylic acids is 1. The van der Waals surface area contributed by atoms with Crippen LogP contribution in [0.15, 0.2) is 5.11 Å². The molecule has 7 heteroatoms. The zero-order valence-electron chi connectivity index (χ0n) is 10.2. The second-order valence-corrected chi connectivity index (χ2v) is 3.20. The maximum atomic E-state index is 10.5. The van der Waals surface area contributed by atoms with Crippen molar-refractivity contribution in [3.63, 3.8) is 0 Å². The van der Waals surface area contributed by atoms with Crippen molar-refractivity contribution in [2.24, 2.45) is 5.11 Å². The predicted molar refractivity (Wildman–Crippen MR) is 61.2 cm³/mol. The number of carbonyl (C=O) groups is 1. The minimum absolute atomic E-state index is 0.0542. The van der Waals surface area contributed by atoms with E-state index in [1.165, 1.54) is 6.92 Å². The van der Waals surface area contributed by atoms with Crippen molar-refractivity contribution < 1.29 is 19.0 Å². The van der Waals surface area contributed by atoms with E-state index in [4.69, 9.17) is 19.7 Å². The van der Waals surface area contributed by atoms with E-state index in [1.54, 1.807) is 0 Å². The highest BCUT2D eigenvalue weighted by atomic mass is 16.5. The van der Waals surface area contributed by atoms with Crippen LogP contribution in [0.25, 0.3) is 0 Å². The van der Waals surface area contributed by atoms with Gasteiger partial charge in [-0.05, 0) is 0 Å². The van der Waals surface area contributed by atoms with Gasteiger partial charge in [-0.1, -0.05) is 0 Å². The number of hydrogen-bond acceptors (Lipinski definition) is 6. The number of nitrogens with one attached hydrogen (secondary N) is 2. The molecule has 0 aliphatic carbocycles. The summed E-state index contributed by atoms with van der Waals surface area (Å²) in [5.74, 6) is -0.0542. The van der Waals surface area contributed by atoms with Gasteiger partial charge in [0.1, 0.15) is 0 Å². The van der Waals surface area contributed by atoms with Crippen molar-refractivity contribution in [3.8, 4) is 0 Å². The van der Waals surface area contributed by atoms with Crippen LogP contribution in [0, 0.1) is 5.53 Å². The van der Waals surface area contributed by atoms with Crippen molar-refractivity contribution in [3.05, 3.63) is 0 Å². The average molecular weight is 247 g/mol. The van der Waals surface area contributed by atoms with Gasteiger partial charge in [-0.3, -0.25) is 4.79 Å². The Balaban J connectivity index is 2.94. The van der Waals surface area contributed by atoms with Crippen LogP contribution in [0.2, 0.25) is 0 Å². The van der Waals surface area contributed by atoms with E-state index in [-0.39, 0.29) is 5.91 Å². The number of nitrogens with zero attached hydrogens (tertiary/aromatic N) is 1. The maximum absolute atomic E-state index is 10.5. The molecule has 100 valence electrons. The Bertz CT molecular complexity index is 202. The molecule has 0 aromatic rings. The maximum Gasteiger partial charge on any atom is 0.216 e. The van der Waals surface area contributed by atoms with Crippen molar-refractivity contribution in [1.82, 2.24) is 5.32 Å². The molecule has 17 heavy (non-hydrogen) atoms. The Kier molecular flexibility index (Phi) is 12.2. The van der Waals surface area contributed by atoms with Crippen LogP contribution < -0.4 is 5.32 Å². The van der Waals surface area contributed by atoms with E-state index in [1.807, 2.05) is 0 Å². The summed E-state index contributed by atoms with van der Waals surface area (Å²) in [6.45, 7) is 5.35. The summed E-state index contributed by atoms with van der Waals surface area (Å²) in [5.41, 5.74) is 6.53. The molecule has 0 unspecified atom stereocenters. The molecule has 0 aliphatic heterocycles. The lowest BCUT2D eigenvalue weighted by atomic mass is 10.6. The average Bonchev–Trinajstić information content (AvgIpc) is 2.30. The molecule has 0 rings (SSSR count). The zero-order chi connectivity index (χ0) is 12.8. The second kappa shape index (κ2) is 13.0. The fourth-order valence-electron chi connectivity index (χ4n) is 0.951. The third-order valence-electron chi connectivity index (χ3n) is 1.71. The first kappa shape index (κ1) is 16.0. The van der Waals surface area contributed by atoms with Crippen LogP contribution in [0.3, 0.4) is 0 Å². The fraction of sp³-hybridized carbons (Fsp3) is 0.900. The molecule has 2 N–H and O–H groups in total. The summed E-state index contributed by atoms with van der Waals surface area (Å²) in [6.07, 6.45) is 0. The third kappa shape index (κ3) is 14.9. The summed E-state index contributed by atoms with van der Waals surface area (Å²) in [5, 5.41) is 5.79. The van der Waals surface area contributed by atoms with Crippen LogP contribution >= 0.6 is 0 Å². The Morgan fingerprint density at radius 1 is 1.06 bits per heavy atom. The van der Waals surface area contributed by atoms with Crippen LogP contribution in [0.4, 0.5) is 0 Å². The SMILES string of the molecule is CC(=O)NCCOCCOCCOCCN=N. The van der Waals surface area contributed by atoms with Crippen molar-refractivity contribution >= 4 is 5.91 Å². The van der Waals surface area contributed by atoms with E-state index in [0.717, 1.165) is 0 Å². The van der Waals surface area contributed by atoms with E-state index in [9.17, 15) is 4.79 Å². The number of rotatable bonds is 12. The molecule has 0 saturated carbocycles. The molecule has 0 aromatic heterocycles. The standard InChI is InChI=1S/C10H21N3O4/c1-10(14)12-2-4-15-6-8-17-9-7-16-5-3-13-11/h11H,2-9H2,1H3,(H,12,14). The normalized spacial score (nSPS) is 10.2. The quantitative estimate of drug-likeness (QED) is 0.380. The monoisotopic (exact) mass is 247 g/mol. The Hall–Kier alpha value is -1.05. The summed E-state index contributed by atoms with van der Waals surface area (Å²) >= 11 is 0. The van der Waals surface area contributed by atoms with Crippen molar-refractivity contribution in [2.75, 3.05) is 52.7 Å². The minimum Gasteiger partial charge on any atom is -0.377 e. The van der Waals surface area contributed by atoms with Crippen molar-refractivity contribution in [2.45, 2.75) is 6.92 Å². The zero-order valence-corrected chi connectivity index (χ0v) is 10.2. The summed E-state index contributed by atoms with van der Waals surface area (Å²) < 4.78 is 15.6. The highest BCUT2D eigenvalue weighted by molar-refractivity contribution is 5.72. The third-order valence-corrected chi connectivity index (χ3v) is 1.71. The Morgan fingerprint density at radius 3 is 2.12 bits per heavy atom. The van der Waals surface area contributed by atoms with Gasteiger partial charge in [0.2, 0.25) is 5.91 Å². The van der Waals surface area contributed by atoms with Gasteiger partial charge >= 0.3 is 0 Å². The van der Waals surface area contributed by atoms with Gasteiger partial charge < -0.3 is 19.5 Å². The molecule has 0 saturated heterocycles. The lowest BCUT2D eigenvalue weighted by Gasteiger charge is -2.06. The van der Waals surface area contributed by atoms with Crippen LogP contribution in [-0.4, -0.2) is 58.6 Å². The molecule has 1 amide bonds. The van der Waals surface area contributed by atoms with Crippen LogP contribution in [0.5, 0.6) is 0 Å². The molecular formula is C10H21N3O4. The molecule has 0 aromatic carbocycles. The van der Waals surface area contributed by atoms with Gasteiger partial charge in [0.15, 0.2) is 0 Å². The van der Waals surface area contributed by atoms with Crippen LogP contribution in [0.1, 0.15) is 6.92 Å². The van der Waals surface area contributed by atoms with Gasteiger partial charge in [-0.2, -0.15) is 5.11 Å². The molecule has 0 heterocycles. The summed E-state index contributed by atoms with van der Waals surface area (Å²) in [4.78, 5) is 10.5. The predicted octanol–water partition coefficient (Wildman–Crippen LogP) is 0.203. The van der Waals surface area contributed by atoms with Gasteiger partial charge in [-0.25, -0.2) is 5.53 Å². The Morgan fingerprint density at radius 2 is 1.59 bits per heavy atom. The van der Waals surface area contributed by atoms with Crippen LogP contribution in [-0.2, 0) is 19.0 Å². The highest BCUT2D eigenvalue weighted by Crippen LogP contribution is 1.81. The number of hydrogen-bond donors (Lipinski definition) is 2. The number of amides is 1. The molecule has 0 spiro atoms. The second-order valence-electron chi connectivity index (χ2n) is 3.20. The summed E-state index contributed by atoms with van der Waals surface area (Å²) in [6, 6.07) is 0. The first-order chi connectivity index (χ1) is 8.27. The van der Waals surface area contributed by atoms with E-state index >= 15 is 0 Å². The van der Waals surface area contributed by atoms with Gasteiger partial charge in [0.25, 0.3) is 0 Å². The Labute approximate surface area is 101 Å². The lowest BCUT2D eigenvalue weighted by Crippen LogP contribution is -2.25. The summed E-state index contributed by atoms with van der Waals surface area (Å²) in [7, 11) is 0. The molecular weight excluding hydrogens is 226 g/mol. The van der Waals surface area contributed by atoms with E-state index < -0.39 is 0 Å². The van der Waals surface area contributed by atoms with E-state index in [2.05, 4.69) is 10.4 Å². The van der Waals surface area contributed by atoms with Gasteiger partial charge in [0.05, 0.1) is 46.2 Å². The molecule has 0 aliphatic rings. The first-order valence-electron chi connectivity index (χ1n) is 5.58. The number of ether oxygens (including phenoxy) is 3. The lowest BCUT2D eigenvalue weighted by molar-refractivity contribution is -0.119. The largest absolute Gasteiger partial charge is 0.377 e. The highest BCUT2D eigenvalue weighted by Gasteiger charge is 1.92. The van der Waals surface area contributed by atoms with Gasteiger partial charge in [0, 0.05) is 13.5 Å². The molecule has 0 bridgehead atoms. The van der Waals surface area contributed by atoms with E-state index in [0.29, 0.717) is 52.7 Å². The molecule has 0 fully saturated rings. The van der Waals surface area contributed by atoms with Crippen molar-refractivity contribution in [1.29, 1.82) is 5.53 Å². The van der Waals surface area contributed by atoms with Gasteiger partial charge in [-0.15, -0.1) is 0 Å². The molecule has 7 nitrogen and oxygen atoms in total. The minimum atomic E-state index is -0.0542. The first-order valence-corrected chi connectivity index (χ1v) is 5.58. The molecule has 0 radical (unpaired) electrons. The smallest absolute Gasteiger partial charge is 0.216 e. The topological polar surface area (TPSA) is 93.0 Å². The molecule has 0 atom stereocenters.